The Morgan fingerprint density at radius 3 is 2.50 bits per heavy atom. The zero-order valence-electron chi connectivity index (χ0n) is 21.5. The normalized spacial score (nSPS) is 18.9. The molecular weight excluding hydrogens is 434 g/mol. The van der Waals surface area contributed by atoms with Gasteiger partial charge in [0.25, 0.3) is 0 Å². The molecule has 1 aliphatic rings. The Labute approximate surface area is 211 Å². The van der Waals surface area contributed by atoms with Crippen LogP contribution in [0.15, 0.2) is 77.4 Å². The molecular formula is C32H38ClN. The van der Waals surface area contributed by atoms with Crippen molar-refractivity contribution in [2.45, 2.75) is 54.4 Å². The smallest absolute Gasteiger partial charge is 0.0481 e. The molecule has 2 aromatic carbocycles. The molecule has 0 heterocycles. The highest BCUT2D eigenvalue weighted by molar-refractivity contribution is 6.32. The van der Waals surface area contributed by atoms with Crippen LogP contribution in [0.2, 0.25) is 5.02 Å². The summed E-state index contributed by atoms with van der Waals surface area (Å²) in [4.78, 5) is 0. The quantitative estimate of drug-likeness (QED) is 0.292. The van der Waals surface area contributed by atoms with Crippen LogP contribution < -0.4 is 0 Å². The molecule has 0 fully saturated rings. The summed E-state index contributed by atoms with van der Waals surface area (Å²) in [6.07, 6.45) is 12.4. The molecule has 34 heavy (non-hydrogen) atoms. The minimum atomic E-state index is 0.159. The Morgan fingerprint density at radius 2 is 1.85 bits per heavy atom. The molecule has 0 aliphatic heterocycles. The maximum atomic E-state index is 9.15. The van der Waals surface area contributed by atoms with Crippen LogP contribution >= 0.6 is 11.6 Å². The van der Waals surface area contributed by atoms with Crippen molar-refractivity contribution in [3.05, 3.63) is 105 Å². The Kier molecular flexibility index (Phi) is 8.91. The minimum Gasteiger partial charge on any atom is -0.304 e. The van der Waals surface area contributed by atoms with Gasteiger partial charge < -0.3 is 5.41 Å². The molecule has 2 aromatic rings. The Hall–Kier alpha value is -2.64. The van der Waals surface area contributed by atoms with Crippen molar-refractivity contribution >= 4 is 29.5 Å². The van der Waals surface area contributed by atoms with E-state index in [1.807, 2.05) is 0 Å². The van der Waals surface area contributed by atoms with Crippen molar-refractivity contribution in [3.63, 3.8) is 0 Å². The first-order valence-corrected chi connectivity index (χ1v) is 12.7. The van der Waals surface area contributed by atoms with Crippen LogP contribution in [0.5, 0.6) is 0 Å². The Bertz CT molecular complexity index is 1160. The monoisotopic (exact) mass is 471 g/mol. The number of halogens is 1. The first-order chi connectivity index (χ1) is 16.2. The van der Waals surface area contributed by atoms with E-state index in [1.54, 1.807) is 0 Å². The maximum Gasteiger partial charge on any atom is 0.0481 e. The molecule has 0 amide bonds. The standard InChI is InChI=1S/C32H38ClN/c1-21(2)25(6)29(32(34)31-23(4)10-8-11-24(31)5)18-15-27-14-17-28(30(33)20-27)16-13-26-12-7-9-22(3)19-26/h7-14,16-17,19-21,23,31,34H,15,18H2,1-6H3/b16-13+,29-25+,34-32?. The van der Waals surface area contributed by atoms with E-state index in [-0.39, 0.29) is 5.92 Å². The van der Waals surface area contributed by atoms with Gasteiger partial charge >= 0.3 is 0 Å². The average molecular weight is 472 g/mol. The van der Waals surface area contributed by atoms with E-state index >= 15 is 0 Å². The highest BCUT2D eigenvalue weighted by Crippen LogP contribution is 2.33. The summed E-state index contributed by atoms with van der Waals surface area (Å²) in [7, 11) is 0. The molecule has 0 saturated carbocycles. The summed E-state index contributed by atoms with van der Waals surface area (Å²) in [6.45, 7) is 13.1. The highest BCUT2D eigenvalue weighted by Gasteiger charge is 2.27. The second-order valence-corrected chi connectivity index (χ2v) is 10.4. The summed E-state index contributed by atoms with van der Waals surface area (Å²) in [6, 6.07) is 14.8. The van der Waals surface area contributed by atoms with Crippen LogP contribution in [-0.4, -0.2) is 5.71 Å². The van der Waals surface area contributed by atoms with Gasteiger partial charge in [-0.3, -0.25) is 0 Å². The lowest BCUT2D eigenvalue weighted by Gasteiger charge is -2.29. The van der Waals surface area contributed by atoms with Gasteiger partial charge in [-0.15, -0.1) is 0 Å². The third-order valence-electron chi connectivity index (χ3n) is 6.99. The molecule has 0 radical (unpaired) electrons. The lowest BCUT2D eigenvalue weighted by Crippen LogP contribution is -2.26. The predicted molar refractivity (Wildman–Crippen MR) is 151 cm³/mol. The van der Waals surface area contributed by atoms with E-state index in [1.165, 1.54) is 33.4 Å². The summed E-state index contributed by atoms with van der Waals surface area (Å²) < 4.78 is 0. The van der Waals surface area contributed by atoms with Crippen LogP contribution in [0.25, 0.3) is 12.2 Å². The lowest BCUT2D eigenvalue weighted by molar-refractivity contribution is 0.598. The molecule has 178 valence electrons. The molecule has 0 spiro atoms. The molecule has 2 atom stereocenters. The van der Waals surface area contributed by atoms with Gasteiger partial charge in [-0.25, -0.2) is 0 Å². The molecule has 1 N–H and O–H groups in total. The van der Waals surface area contributed by atoms with Crippen molar-refractivity contribution in [2.75, 3.05) is 0 Å². The van der Waals surface area contributed by atoms with Crippen LogP contribution in [0.1, 0.15) is 63.3 Å². The van der Waals surface area contributed by atoms with Crippen molar-refractivity contribution in [3.8, 4) is 0 Å². The lowest BCUT2D eigenvalue weighted by atomic mass is 9.76. The Morgan fingerprint density at radius 1 is 1.09 bits per heavy atom. The van der Waals surface area contributed by atoms with Gasteiger partial charge in [-0.05, 0) is 73.8 Å². The minimum absolute atomic E-state index is 0.159. The third-order valence-corrected chi connectivity index (χ3v) is 7.32. The van der Waals surface area contributed by atoms with Crippen molar-refractivity contribution < 1.29 is 0 Å². The van der Waals surface area contributed by atoms with E-state index in [0.717, 1.165) is 29.1 Å². The number of allylic oxidation sites excluding steroid dienone is 6. The maximum absolute atomic E-state index is 9.15. The van der Waals surface area contributed by atoms with Crippen LogP contribution in [0, 0.1) is 30.1 Å². The summed E-state index contributed by atoms with van der Waals surface area (Å²) in [5, 5.41) is 9.92. The van der Waals surface area contributed by atoms with Gasteiger partial charge in [-0.1, -0.05) is 116 Å². The first-order valence-electron chi connectivity index (χ1n) is 12.3. The van der Waals surface area contributed by atoms with E-state index in [9.17, 15) is 0 Å². The zero-order valence-corrected chi connectivity index (χ0v) is 22.2. The van der Waals surface area contributed by atoms with Crippen molar-refractivity contribution in [1.29, 1.82) is 5.41 Å². The molecule has 2 heteroatoms. The largest absolute Gasteiger partial charge is 0.304 e. The van der Waals surface area contributed by atoms with Crippen molar-refractivity contribution in [2.24, 2.45) is 17.8 Å². The molecule has 0 aromatic heterocycles. The molecule has 3 rings (SSSR count). The van der Waals surface area contributed by atoms with Crippen LogP contribution in [0.3, 0.4) is 0 Å². The van der Waals surface area contributed by atoms with Gasteiger partial charge in [0.1, 0.15) is 0 Å². The fraction of sp³-hybridized carbons (Fsp3) is 0.344. The number of hydrogen-bond acceptors (Lipinski definition) is 1. The number of nitrogens with one attached hydrogen (secondary N) is 1. The third kappa shape index (κ3) is 6.48. The summed E-state index contributed by atoms with van der Waals surface area (Å²) >= 11 is 6.66. The van der Waals surface area contributed by atoms with Gasteiger partial charge in [0.15, 0.2) is 0 Å². The van der Waals surface area contributed by atoms with Gasteiger partial charge in [0.05, 0.1) is 0 Å². The SMILES string of the molecule is CC1=CC=CC(C)C1C(=N)/C(CCc1ccc(/C=C/c2cccc(C)c2)c(Cl)c1)=C(\C)C(C)C. The van der Waals surface area contributed by atoms with Gasteiger partial charge in [-0.2, -0.15) is 0 Å². The number of aryl methyl sites for hydroxylation is 2. The molecule has 2 unspecified atom stereocenters. The van der Waals surface area contributed by atoms with E-state index in [4.69, 9.17) is 17.0 Å². The number of hydrogen-bond donors (Lipinski definition) is 1. The molecule has 0 saturated heterocycles. The highest BCUT2D eigenvalue weighted by atomic mass is 35.5. The number of benzene rings is 2. The Balaban J connectivity index is 1.77. The van der Waals surface area contributed by atoms with Crippen molar-refractivity contribution in [1.82, 2.24) is 0 Å². The molecule has 1 aliphatic carbocycles. The van der Waals surface area contributed by atoms with E-state index in [0.29, 0.717) is 11.8 Å². The fourth-order valence-electron chi connectivity index (χ4n) is 4.67. The average Bonchev–Trinajstić information content (AvgIpc) is 2.78. The van der Waals surface area contributed by atoms with E-state index in [2.05, 4.69) is 114 Å². The van der Waals surface area contributed by atoms with E-state index < -0.39 is 0 Å². The second kappa shape index (κ2) is 11.7. The summed E-state index contributed by atoms with van der Waals surface area (Å²) in [5.74, 6) is 0.930. The van der Waals surface area contributed by atoms with Crippen LogP contribution in [0.4, 0.5) is 0 Å². The second-order valence-electron chi connectivity index (χ2n) is 9.97. The predicted octanol–water partition coefficient (Wildman–Crippen LogP) is 9.51. The topological polar surface area (TPSA) is 23.9 Å². The van der Waals surface area contributed by atoms with Crippen LogP contribution in [-0.2, 0) is 6.42 Å². The van der Waals surface area contributed by atoms with Gasteiger partial charge in [0, 0.05) is 16.7 Å². The molecule has 0 bridgehead atoms. The van der Waals surface area contributed by atoms with Gasteiger partial charge in [0.2, 0.25) is 0 Å². The fourth-order valence-corrected chi connectivity index (χ4v) is 4.94. The molecule has 1 nitrogen and oxygen atoms in total. The number of rotatable bonds is 8. The summed E-state index contributed by atoms with van der Waals surface area (Å²) in [5.41, 5.74) is 9.24. The first kappa shape index (κ1) is 26.0. The zero-order chi connectivity index (χ0) is 24.8.